The predicted octanol–water partition coefficient (Wildman–Crippen LogP) is 5.97. The van der Waals surface area contributed by atoms with E-state index >= 15 is 8.42 Å². The number of nitrogens with one attached hydrogen (secondary N) is 3. The Hall–Kier alpha value is -5.16. The maximum Gasteiger partial charge on any atom is 0.407 e. The first-order chi connectivity index (χ1) is 28.5. The second kappa shape index (κ2) is 20.4. The van der Waals surface area contributed by atoms with Gasteiger partial charge in [-0.1, -0.05) is 54.6 Å². The molecule has 0 fully saturated rings. The number of sulfonamides is 2. The predicted molar refractivity (Wildman–Crippen MR) is 231 cm³/mol. The van der Waals surface area contributed by atoms with E-state index in [1.165, 1.54) is 26.4 Å². The number of nitrogens with zero attached hydrogens (tertiary/aromatic N) is 4. The third kappa shape index (κ3) is 12.7. The number of hydrogen-bond acceptors (Lipinski definition) is 13. The van der Waals surface area contributed by atoms with Crippen LogP contribution in [0.2, 0.25) is 0 Å². The molecule has 0 saturated heterocycles. The number of rotatable bonds is 18. The van der Waals surface area contributed by atoms with Crippen LogP contribution in [0, 0.1) is 3.57 Å². The van der Waals surface area contributed by atoms with Gasteiger partial charge >= 0.3 is 12.2 Å². The fourth-order valence-electron chi connectivity index (χ4n) is 5.71. The Bertz CT molecular complexity index is 2360. The lowest BCUT2D eigenvalue weighted by Gasteiger charge is -2.26. The maximum absolute atomic E-state index is 15.3. The van der Waals surface area contributed by atoms with Crippen molar-refractivity contribution in [1.29, 1.82) is 0 Å². The summed E-state index contributed by atoms with van der Waals surface area (Å²) in [7, 11) is -6.48. The summed E-state index contributed by atoms with van der Waals surface area (Å²) in [6.07, 6.45) is -1.71. The molecule has 0 aromatic heterocycles. The van der Waals surface area contributed by atoms with E-state index in [4.69, 9.17) is 18.9 Å². The largest absolute Gasteiger partial charge is 0.497 e. The van der Waals surface area contributed by atoms with Gasteiger partial charge in [0.2, 0.25) is 20.0 Å². The van der Waals surface area contributed by atoms with Gasteiger partial charge in [0.05, 0.1) is 25.8 Å². The molecule has 0 bridgehead atoms. The van der Waals surface area contributed by atoms with Crippen molar-refractivity contribution in [3.05, 3.63) is 117 Å². The summed E-state index contributed by atoms with van der Waals surface area (Å²) in [4.78, 5) is 28.7. The summed E-state index contributed by atoms with van der Waals surface area (Å²) in [5.74, 6) is 1.06. The molecule has 0 spiro atoms. The topological polar surface area (TPSA) is 216 Å². The number of alkyl carbamates (subject to hydrolysis) is 2. The van der Waals surface area contributed by atoms with Crippen molar-refractivity contribution < 1.29 is 45.4 Å². The van der Waals surface area contributed by atoms with E-state index in [1.54, 1.807) is 93.6 Å². The third-order valence-electron chi connectivity index (χ3n) is 8.61. The first-order valence-electron chi connectivity index (χ1n) is 18.4. The molecule has 1 heterocycles. The van der Waals surface area contributed by atoms with Gasteiger partial charge in [0.15, 0.2) is 12.5 Å². The molecule has 2 amide bonds. The molecule has 5 rings (SSSR count). The lowest BCUT2D eigenvalue weighted by Crippen LogP contribution is -2.51. The molecule has 20 heteroatoms. The number of benzene rings is 4. The van der Waals surface area contributed by atoms with Gasteiger partial charge in [0.25, 0.3) is 0 Å². The van der Waals surface area contributed by atoms with E-state index in [2.05, 4.69) is 30.6 Å². The Morgan fingerprint density at radius 1 is 0.800 bits per heavy atom. The number of amides is 2. The number of halogens is 1. The van der Waals surface area contributed by atoms with Crippen molar-refractivity contribution in [2.75, 3.05) is 34.0 Å². The van der Waals surface area contributed by atoms with Crippen molar-refractivity contribution in [2.24, 2.45) is 15.2 Å². The molecular weight excluding hydrogens is 930 g/mol. The van der Waals surface area contributed by atoms with Crippen LogP contribution in [0.1, 0.15) is 43.0 Å². The van der Waals surface area contributed by atoms with Crippen LogP contribution in [0.15, 0.2) is 116 Å². The first-order valence-corrected chi connectivity index (χ1v) is 22.4. The molecule has 0 unspecified atom stereocenters. The average Bonchev–Trinajstić information content (AvgIpc) is 3.75. The number of ether oxygens (including phenoxy) is 4. The van der Waals surface area contributed by atoms with Crippen molar-refractivity contribution in [3.8, 4) is 11.5 Å². The van der Waals surface area contributed by atoms with Gasteiger partial charge in [-0.2, -0.15) is 9.42 Å². The average molecular weight is 976 g/mol. The minimum Gasteiger partial charge on any atom is -0.497 e. The summed E-state index contributed by atoms with van der Waals surface area (Å²) >= 11 is 1.91. The van der Waals surface area contributed by atoms with Crippen LogP contribution in [0.25, 0.3) is 0 Å². The minimum atomic E-state index is -4.76. The molecule has 0 saturated carbocycles. The molecular formula is C40H46IN7O10S2. The van der Waals surface area contributed by atoms with Crippen LogP contribution in [0.5, 0.6) is 11.5 Å². The Kier molecular flexibility index (Phi) is 15.6. The van der Waals surface area contributed by atoms with Gasteiger partial charge in [-0.05, 0) is 96.5 Å². The standard InChI is InChI=1S/C40H46IN7O10S2/c1-40(2,3)58-39(50)46-30(21-42-38(49)57-25-29-9-7-6-8-10-29)22-45-59(51,52)34-20-19-33(41)35(37-43-26-44-47-37)36(34)60(53,54)48(23-27-11-15-31(55-4)16-12-27)24-28-13-17-32(56-5)18-14-28/h6-20,30,45H,21-26H2,1-5H3,(H,42,49)(H,46,50)/t30-/m0/s1. The molecule has 4 aromatic carbocycles. The monoisotopic (exact) mass is 975 g/mol. The van der Waals surface area contributed by atoms with Gasteiger partial charge in [-0.3, -0.25) is 0 Å². The summed E-state index contributed by atoms with van der Waals surface area (Å²) in [6.45, 7) is 3.70. The Morgan fingerprint density at radius 3 is 1.93 bits per heavy atom. The van der Waals surface area contributed by atoms with E-state index in [-0.39, 0.29) is 44.3 Å². The van der Waals surface area contributed by atoms with Gasteiger partial charge in [0.1, 0.15) is 33.5 Å². The second-order valence-corrected chi connectivity index (χ2v) is 19.0. The highest BCUT2D eigenvalue weighted by molar-refractivity contribution is 14.1. The van der Waals surface area contributed by atoms with Crippen molar-refractivity contribution in [1.82, 2.24) is 19.7 Å². The highest BCUT2D eigenvalue weighted by Crippen LogP contribution is 2.35. The molecule has 320 valence electrons. The van der Waals surface area contributed by atoms with E-state index in [9.17, 15) is 18.0 Å². The van der Waals surface area contributed by atoms with Crippen LogP contribution < -0.4 is 24.8 Å². The lowest BCUT2D eigenvalue weighted by molar-refractivity contribution is 0.0502. The summed E-state index contributed by atoms with van der Waals surface area (Å²) < 4.78 is 84.8. The quantitative estimate of drug-likeness (QED) is 0.0994. The van der Waals surface area contributed by atoms with Crippen molar-refractivity contribution >= 4 is 60.7 Å². The van der Waals surface area contributed by atoms with Crippen LogP contribution in [0.3, 0.4) is 0 Å². The number of aliphatic imine (C=N–C) groups is 1. The smallest absolute Gasteiger partial charge is 0.407 e. The zero-order valence-electron chi connectivity index (χ0n) is 33.5. The summed E-state index contributed by atoms with van der Waals surface area (Å²) in [5.41, 5.74) is 0.960. The summed E-state index contributed by atoms with van der Waals surface area (Å²) in [6, 6.07) is 24.1. The fraction of sp³-hybridized carbons (Fsp3) is 0.325. The Balaban J connectivity index is 1.51. The zero-order valence-corrected chi connectivity index (χ0v) is 37.3. The van der Waals surface area contributed by atoms with Gasteiger partial charge in [-0.15, -0.1) is 5.11 Å². The highest BCUT2D eigenvalue weighted by Gasteiger charge is 2.38. The Morgan fingerprint density at radius 2 is 1.40 bits per heavy atom. The molecule has 1 atom stereocenters. The molecule has 60 heavy (non-hydrogen) atoms. The number of amidine groups is 1. The normalized spacial score (nSPS) is 13.3. The maximum atomic E-state index is 15.3. The lowest BCUT2D eigenvalue weighted by atomic mass is 10.2. The van der Waals surface area contributed by atoms with Crippen LogP contribution in [-0.2, 0) is 49.2 Å². The first kappa shape index (κ1) is 45.9. The minimum absolute atomic E-state index is 0.0331. The second-order valence-electron chi connectivity index (χ2n) is 14.2. The Labute approximate surface area is 363 Å². The molecule has 0 aliphatic carbocycles. The number of methoxy groups -OCH3 is 2. The molecule has 1 aliphatic heterocycles. The van der Waals surface area contributed by atoms with E-state index in [0.717, 1.165) is 9.87 Å². The number of azo groups is 1. The number of carbonyl (C=O) groups excluding carboxylic acids is 2. The number of hydrogen-bond donors (Lipinski definition) is 3. The summed E-state index contributed by atoms with van der Waals surface area (Å²) in [5, 5.41) is 13.1. The third-order valence-corrected chi connectivity index (χ3v) is 13.0. The van der Waals surface area contributed by atoms with Crippen LogP contribution >= 0.6 is 22.6 Å². The SMILES string of the molecule is COc1ccc(CN(Cc2ccc(OC)cc2)S(=O)(=O)c2c(S(=O)(=O)NC[C@H](CNC(=O)OCc3ccccc3)NC(=O)OC(C)(C)C)ccc(I)c2C2=NCN=N2)cc1. The molecule has 0 radical (unpaired) electrons. The number of carbonyl (C=O) groups is 2. The van der Waals surface area contributed by atoms with Gasteiger partial charge in [0, 0.05) is 29.7 Å². The fourth-order valence-corrected chi connectivity index (χ4v) is 10.1. The molecule has 4 aromatic rings. The van der Waals surface area contributed by atoms with Crippen molar-refractivity contribution in [2.45, 2.75) is 61.9 Å². The molecule has 17 nitrogen and oxygen atoms in total. The van der Waals surface area contributed by atoms with Crippen LogP contribution in [-0.4, -0.2) is 84.8 Å². The van der Waals surface area contributed by atoms with E-state index in [0.29, 0.717) is 26.2 Å². The van der Waals surface area contributed by atoms with Crippen LogP contribution in [0.4, 0.5) is 9.59 Å². The van der Waals surface area contributed by atoms with Crippen molar-refractivity contribution in [3.63, 3.8) is 0 Å². The van der Waals surface area contributed by atoms with E-state index < -0.39 is 60.2 Å². The molecule has 1 aliphatic rings. The molecule has 3 N–H and O–H groups in total. The van der Waals surface area contributed by atoms with E-state index in [1.807, 2.05) is 28.7 Å². The zero-order chi connectivity index (χ0) is 43.5. The van der Waals surface area contributed by atoms with Gasteiger partial charge in [-0.25, -0.2) is 36.1 Å². The van der Waals surface area contributed by atoms with Gasteiger partial charge < -0.3 is 29.6 Å². The highest BCUT2D eigenvalue weighted by atomic mass is 127.